The Kier molecular flexibility index (Phi) is 6.86. The number of phenols is 1. The zero-order valence-corrected chi connectivity index (χ0v) is 24.3. The first kappa shape index (κ1) is 27.9. The van der Waals surface area contributed by atoms with Crippen molar-refractivity contribution in [3.05, 3.63) is 138 Å². The maximum absolute atomic E-state index is 14.8. The smallest absolute Gasteiger partial charge is 0.276 e. The molecule has 0 aliphatic carbocycles. The van der Waals surface area contributed by atoms with Gasteiger partial charge in [-0.25, -0.2) is 0 Å². The van der Waals surface area contributed by atoms with Gasteiger partial charge in [0.25, 0.3) is 17.2 Å². The minimum absolute atomic E-state index is 0.0647. The van der Waals surface area contributed by atoms with Gasteiger partial charge >= 0.3 is 0 Å². The number of benzene rings is 4. The maximum atomic E-state index is 14.8. The van der Waals surface area contributed by atoms with Gasteiger partial charge in [0.2, 0.25) is 0 Å². The minimum atomic E-state index is -0.504. The van der Waals surface area contributed by atoms with Crippen LogP contribution in [0.15, 0.2) is 89.7 Å². The number of nitro benzene ring substituents is 1. The molecule has 6 rings (SSSR count). The predicted octanol–water partition coefficient (Wildman–Crippen LogP) is 7.52. The van der Waals surface area contributed by atoms with Crippen molar-refractivity contribution in [2.75, 3.05) is 4.90 Å². The SMILES string of the molecule is Cc1cc(C)c(-n2c3c(c(-c4ccccc4O)c(-c4ccc([N+](=O)[O-])cc4)c2=O)CN(c2ccc(Cl)cc2)C3=O)c(C)c1. The zero-order chi connectivity index (χ0) is 30.6. The number of phenolic OH excluding ortho intramolecular Hbond substituents is 1. The number of aromatic nitrogens is 1. The molecule has 8 nitrogen and oxygen atoms in total. The molecule has 9 heteroatoms. The Morgan fingerprint density at radius 2 is 1.49 bits per heavy atom. The Morgan fingerprint density at radius 3 is 2.09 bits per heavy atom. The molecule has 0 saturated carbocycles. The van der Waals surface area contributed by atoms with E-state index in [4.69, 9.17) is 11.6 Å². The van der Waals surface area contributed by atoms with E-state index in [2.05, 4.69) is 0 Å². The van der Waals surface area contributed by atoms with Crippen LogP contribution in [0.5, 0.6) is 5.75 Å². The summed E-state index contributed by atoms with van der Waals surface area (Å²) in [5, 5.41) is 23.0. The number of nitro groups is 1. The number of rotatable bonds is 5. The quantitative estimate of drug-likeness (QED) is 0.168. The first-order valence-corrected chi connectivity index (χ1v) is 14.0. The van der Waals surface area contributed by atoms with Gasteiger partial charge in [0.1, 0.15) is 11.4 Å². The third kappa shape index (κ3) is 4.66. The summed E-state index contributed by atoms with van der Waals surface area (Å²) in [4.78, 5) is 41.7. The summed E-state index contributed by atoms with van der Waals surface area (Å²) in [6.45, 7) is 5.87. The van der Waals surface area contributed by atoms with Crippen molar-refractivity contribution in [2.24, 2.45) is 0 Å². The van der Waals surface area contributed by atoms with E-state index in [0.717, 1.165) is 16.7 Å². The topological polar surface area (TPSA) is 106 Å². The second kappa shape index (κ2) is 10.6. The van der Waals surface area contributed by atoms with Crippen LogP contribution in [0.4, 0.5) is 11.4 Å². The monoisotopic (exact) mass is 591 g/mol. The van der Waals surface area contributed by atoms with Gasteiger partial charge in [0.15, 0.2) is 0 Å². The Bertz CT molecular complexity index is 1990. The highest BCUT2D eigenvalue weighted by Crippen LogP contribution is 2.44. The summed E-state index contributed by atoms with van der Waals surface area (Å²) < 4.78 is 1.47. The minimum Gasteiger partial charge on any atom is -0.507 e. The molecule has 0 atom stereocenters. The number of hydrogen-bond acceptors (Lipinski definition) is 5. The number of aromatic hydroxyl groups is 1. The van der Waals surface area contributed by atoms with Gasteiger partial charge in [-0.3, -0.25) is 24.3 Å². The summed E-state index contributed by atoms with van der Waals surface area (Å²) in [6.07, 6.45) is 0. The van der Waals surface area contributed by atoms with E-state index in [1.807, 2.05) is 32.9 Å². The summed E-state index contributed by atoms with van der Waals surface area (Å²) in [6, 6.07) is 23.2. The van der Waals surface area contributed by atoms with Crippen LogP contribution in [0.25, 0.3) is 27.9 Å². The van der Waals surface area contributed by atoms with Crippen LogP contribution in [-0.2, 0) is 6.54 Å². The summed E-state index contributed by atoms with van der Waals surface area (Å²) >= 11 is 6.14. The van der Waals surface area contributed by atoms with E-state index < -0.39 is 10.5 Å². The Hall–Kier alpha value is -5.21. The van der Waals surface area contributed by atoms with Crippen LogP contribution in [0, 0.1) is 30.9 Å². The highest BCUT2D eigenvalue weighted by molar-refractivity contribution is 6.30. The fraction of sp³-hybridized carbons (Fsp3) is 0.118. The first-order valence-electron chi connectivity index (χ1n) is 13.6. The van der Waals surface area contributed by atoms with Crippen LogP contribution in [0.2, 0.25) is 5.02 Å². The molecule has 0 fully saturated rings. The molecule has 0 bridgehead atoms. The van der Waals surface area contributed by atoms with Crippen molar-refractivity contribution in [2.45, 2.75) is 27.3 Å². The Balaban J connectivity index is 1.77. The zero-order valence-electron chi connectivity index (χ0n) is 23.6. The number of halogens is 1. The van der Waals surface area contributed by atoms with E-state index in [0.29, 0.717) is 38.7 Å². The summed E-state index contributed by atoms with van der Waals surface area (Å²) in [7, 11) is 0. The molecule has 1 amide bonds. The fourth-order valence-corrected chi connectivity index (χ4v) is 6.15. The largest absolute Gasteiger partial charge is 0.507 e. The number of para-hydroxylation sites is 1. The lowest BCUT2D eigenvalue weighted by atomic mass is 9.90. The van der Waals surface area contributed by atoms with E-state index in [1.165, 1.54) is 34.9 Å². The van der Waals surface area contributed by atoms with Gasteiger partial charge in [-0.2, -0.15) is 0 Å². The van der Waals surface area contributed by atoms with Gasteiger partial charge in [0.05, 0.1) is 22.7 Å². The number of aryl methyl sites for hydroxylation is 3. The van der Waals surface area contributed by atoms with Gasteiger partial charge in [-0.15, -0.1) is 0 Å². The number of amides is 1. The Labute approximate surface area is 252 Å². The number of hydrogen-bond donors (Lipinski definition) is 1. The lowest BCUT2D eigenvalue weighted by Gasteiger charge is -2.22. The predicted molar refractivity (Wildman–Crippen MR) is 167 cm³/mol. The number of nitrogens with zero attached hydrogens (tertiary/aromatic N) is 3. The molecule has 4 aromatic carbocycles. The van der Waals surface area contributed by atoms with Crippen LogP contribution >= 0.6 is 11.6 Å². The molecule has 43 heavy (non-hydrogen) atoms. The van der Waals surface area contributed by atoms with Crippen LogP contribution in [0.1, 0.15) is 32.7 Å². The molecule has 0 radical (unpaired) electrons. The molecule has 0 unspecified atom stereocenters. The molecule has 214 valence electrons. The van der Waals surface area contributed by atoms with E-state index in [1.54, 1.807) is 47.4 Å². The van der Waals surface area contributed by atoms with Crippen molar-refractivity contribution < 1.29 is 14.8 Å². The number of fused-ring (bicyclic) bond motifs is 1. The van der Waals surface area contributed by atoms with Gasteiger partial charge < -0.3 is 10.0 Å². The first-order chi connectivity index (χ1) is 20.6. The van der Waals surface area contributed by atoms with Crippen molar-refractivity contribution in [3.63, 3.8) is 0 Å². The van der Waals surface area contributed by atoms with Crippen LogP contribution < -0.4 is 10.5 Å². The second-order valence-corrected chi connectivity index (χ2v) is 11.1. The molecule has 1 N–H and O–H groups in total. The standard InChI is InChI=1S/C34H26ClN3O5/c1-19-16-20(2)31(21(3)17-19)37-32-27(18-36(34(32)41)24-14-10-23(35)11-15-24)30(26-6-4-5-7-28(26)39)29(33(37)40)22-8-12-25(13-9-22)38(42)43/h4-17,39H,18H2,1-3H3. The molecule has 5 aromatic rings. The molecule has 1 aromatic heterocycles. The van der Waals surface area contributed by atoms with Crippen LogP contribution in [0.3, 0.4) is 0 Å². The van der Waals surface area contributed by atoms with Gasteiger partial charge in [-0.05, 0) is 79.9 Å². The van der Waals surface area contributed by atoms with E-state index in [9.17, 15) is 24.8 Å². The average Bonchev–Trinajstić information content (AvgIpc) is 3.30. The molecular formula is C34H26ClN3O5. The molecule has 1 aliphatic heterocycles. The lowest BCUT2D eigenvalue weighted by molar-refractivity contribution is -0.384. The molecule has 0 spiro atoms. The number of carbonyl (C=O) groups is 1. The van der Waals surface area contributed by atoms with Crippen molar-refractivity contribution in [1.29, 1.82) is 0 Å². The van der Waals surface area contributed by atoms with Gasteiger partial charge in [0, 0.05) is 39.5 Å². The van der Waals surface area contributed by atoms with Crippen molar-refractivity contribution in [3.8, 4) is 33.7 Å². The van der Waals surface area contributed by atoms with E-state index >= 15 is 0 Å². The number of anilines is 1. The van der Waals surface area contributed by atoms with Crippen molar-refractivity contribution >= 4 is 28.9 Å². The molecule has 0 saturated heterocycles. The highest BCUT2D eigenvalue weighted by Gasteiger charge is 2.38. The normalized spacial score (nSPS) is 12.5. The maximum Gasteiger partial charge on any atom is 0.276 e. The Morgan fingerprint density at radius 1 is 0.860 bits per heavy atom. The molecular weight excluding hydrogens is 566 g/mol. The fourth-order valence-electron chi connectivity index (χ4n) is 6.03. The summed E-state index contributed by atoms with van der Waals surface area (Å²) in [5.74, 6) is -0.439. The number of non-ortho nitro benzene ring substituents is 1. The highest BCUT2D eigenvalue weighted by atomic mass is 35.5. The third-order valence-corrected chi connectivity index (χ3v) is 8.03. The number of pyridine rings is 1. The molecule has 2 heterocycles. The number of carbonyl (C=O) groups excluding carboxylic acids is 1. The van der Waals surface area contributed by atoms with Gasteiger partial charge in [-0.1, -0.05) is 47.5 Å². The lowest BCUT2D eigenvalue weighted by Crippen LogP contribution is -2.30. The summed E-state index contributed by atoms with van der Waals surface area (Å²) in [5.41, 5.74) is 5.38. The second-order valence-electron chi connectivity index (χ2n) is 10.7. The van der Waals surface area contributed by atoms with Crippen LogP contribution in [-0.4, -0.2) is 20.5 Å². The third-order valence-electron chi connectivity index (χ3n) is 7.78. The van der Waals surface area contributed by atoms with Crippen molar-refractivity contribution in [1.82, 2.24) is 4.57 Å². The average molecular weight is 592 g/mol. The van der Waals surface area contributed by atoms with E-state index in [-0.39, 0.29) is 35.1 Å². The molecule has 1 aliphatic rings.